The van der Waals surface area contributed by atoms with Gasteiger partial charge in [0.1, 0.15) is 0 Å². The van der Waals surface area contributed by atoms with E-state index in [1.54, 1.807) is 0 Å². The minimum absolute atomic E-state index is 0.469. The average molecular weight is 900 g/mol. The first-order chi connectivity index (χ1) is 35.2. The van der Waals surface area contributed by atoms with Crippen molar-refractivity contribution >= 4 is 38.6 Å². The Balaban J connectivity index is 0.973. The molecule has 0 N–H and O–H groups in total. The number of fused-ring (bicyclic) bond motifs is 16. The maximum Gasteiger partial charge on any atom is 0.0726 e. The Morgan fingerprint density at radius 3 is 1.25 bits per heavy atom. The smallest absolute Gasteiger partial charge is 0.0726 e. The monoisotopic (exact) mass is 899 g/mol. The number of rotatable bonds is 6. The normalized spacial score (nSPS) is 13.9. The number of anilines is 3. The van der Waals surface area contributed by atoms with Crippen molar-refractivity contribution in [2.75, 3.05) is 4.90 Å². The van der Waals surface area contributed by atoms with E-state index in [0.717, 1.165) is 17.1 Å². The van der Waals surface area contributed by atoms with E-state index in [0.29, 0.717) is 0 Å². The molecule has 3 aliphatic carbocycles. The summed E-state index contributed by atoms with van der Waals surface area (Å²) in [6, 6.07) is 102. The van der Waals surface area contributed by atoms with Gasteiger partial charge >= 0.3 is 0 Å². The Bertz CT molecular complexity index is 4010. The van der Waals surface area contributed by atoms with Crippen LogP contribution in [0.2, 0.25) is 0 Å². The summed E-state index contributed by atoms with van der Waals surface area (Å²) in [4.78, 5) is 2.50. The molecule has 0 saturated heterocycles. The van der Waals surface area contributed by atoms with Gasteiger partial charge in [-0.25, -0.2) is 0 Å². The summed E-state index contributed by atoms with van der Waals surface area (Å²) in [5.41, 5.74) is 23.0. The first kappa shape index (κ1) is 39.9. The SMILES string of the molecule is c1ccc(C2(c3ccccc3)c3ccccc3-c3cc(N(c4ccc(-c5cc6ccccc6c6ccccc56)cc4)c4ccc5c(c4)C4(c6ccccc6-c6ccccc64)c4ccccc4-5)ccc32)cc1. The van der Waals surface area contributed by atoms with Crippen LogP contribution >= 0.6 is 0 Å². The number of benzene rings is 12. The van der Waals surface area contributed by atoms with Gasteiger partial charge in [0.05, 0.1) is 10.8 Å². The van der Waals surface area contributed by atoms with Crippen molar-refractivity contribution in [1.82, 2.24) is 0 Å². The Hall–Kier alpha value is -9.04. The van der Waals surface area contributed by atoms with Gasteiger partial charge in [-0.05, 0) is 153 Å². The fourth-order valence-corrected chi connectivity index (χ4v) is 13.3. The largest absolute Gasteiger partial charge is 0.310 e. The fraction of sp³-hybridized carbons (Fsp3) is 0.0286. The third-order valence-corrected chi connectivity index (χ3v) is 16.1. The van der Waals surface area contributed by atoms with Crippen LogP contribution in [-0.4, -0.2) is 0 Å². The van der Waals surface area contributed by atoms with Crippen molar-refractivity contribution in [2.24, 2.45) is 0 Å². The minimum Gasteiger partial charge on any atom is -0.310 e. The maximum atomic E-state index is 2.51. The number of nitrogens with zero attached hydrogens (tertiary/aromatic N) is 1. The Morgan fingerprint density at radius 1 is 0.225 bits per heavy atom. The van der Waals surface area contributed by atoms with E-state index in [1.807, 2.05) is 0 Å². The average Bonchev–Trinajstić information content (AvgIpc) is 4.04. The van der Waals surface area contributed by atoms with Gasteiger partial charge < -0.3 is 4.90 Å². The lowest BCUT2D eigenvalue weighted by molar-refractivity contribution is 0.768. The fourth-order valence-electron chi connectivity index (χ4n) is 13.3. The molecule has 0 aliphatic heterocycles. The molecule has 1 heteroatoms. The summed E-state index contributed by atoms with van der Waals surface area (Å²) >= 11 is 0. The van der Waals surface area contributed by atoms with Gasteiger partial charge in [-0.15, -0.1) is 0 Å². The quantitative estimate of drug-likeness (QED) is 0.150. The van der Waals surface area contributed by atoms with Crippen molar-refractivity contribution in [3.63, 3.8) is 0 Å². The standard InChI is InChI=1S/C70H45N/c1-3-20-48(21-4-1)69(49-22-5-2-6-23-49)63-31-15-14-30-59(63)62-44-51(40-42-67(62)69)71(50-37-35-46(36-38-50)61-43-47-19-7-8-24-53(47)54-25-9-10-26-55(54)61)52-39-41-60-58-29-13-18-34-66(58)70(68(60)45-52)64-32-16-11-27-56(64)57-28-12-17-33-65(57)70/h1-45H. The highest BCUT2D eigenvalue weighted by Crippen LogP contribution is 2.64. The molecule has 0 heterocycles. The highest BCUT2D eigenvalue weighted by Gasteiger charge is 2.52. The Morgan fingerprint density at radius 2 is 0.648 bits per heavy atom. The van der Waals surface area contributed by atoms with Crippen molar-refractivity contribution in [2.45, 2.75) is 10.8 Å². The molecule has 15 rings (SSSR count). The molecule has 0 amide bonds. The molecular weight excluding hydrogens is 855 g/mol. The second-order valence-electron chi connectivity index (χ2n) is 19.4. The lowest BCUT2D eigenvalue weighted by atomic mass is 9.68. The highest BCUT2D eigenvalue weighted by molar-refractivity contribution is 6.14. The summed E-state index contributed by atoms with van der Waals surface area (Å²) in [6.45, 7) is 0. The van der Waals surface area contributed by atoms with Crippen LogP contribution in [0, 0.1) is 0 Å². The second kappa shape index (κ2) is 15.2. The van der Waals surface area contributed by atoms with Crippen molar-refractivity contribution < 1.29 is 0 Å². The zero-order valence-electron chi connectivity index (χ0n) is 38.9. The van der Waals surface area contributed by atoms with Crippen LogP contribution in [0.25, 0.3) is 66.1 Å². The van der Waals surface area contributed by atoms with E-state index in [2.05, 4.69) is 278 Å². The first-order valence-electron chi connectivity index (χ1n) is 24.8. The molecule has 12 aromatic rings. The molecule has 12 aromatic carbocycles. The Kier molecular flexibility index (Phi) is 8.56. The Labute approximate surface area is 414 Å². The van der Waals surface area contributed by atoms with Crippen LogP contribution in [-0.2, 0) is 10.8 Å². The van der Waals surface area contributed by atoms with Gasteiger partial charge in [0.25, 0.3) is 0 Å². The van der Waals surface area contributed by atoms with Crippen LogP contribution in [0.5, 0.6) is 0 Å². The molecule has 0 saturated carbocycles. The maximum absolute atomic E-state index is 2.51. The molecule has 3 aliphatic rings. The zero-order valence-corrected chi connectivity index (χ0v) is 38.9. The van der Waals surface area contributed by atoms with Crippen molar-refractivity contribution in [3.8, 4) is 44.5 Å². The summed E-state index contributed by atoms with van der Waals surface area (Å²) < 4.78 is 0. The van der Waals surface area contributed by atoms with E-state index in [4.69, 9.17) is 0 Å². The van der Waals surface area contributed by atoms with Crippen LogP contribution < -0.4 is 4.90 Å². The van der Waals surface area contributed by atoms with Crippen LogP contribution in [0.3, 0.4) is 0 Å². The molecule has 0 atom stereocenters. The van der Waals surface area contributed by atoms with Crippen molar-refractivity contribution in [1.29, 1.82) is 0 Å². The molecule has 1 spiro atoms. The molecule has 0 aromatic heterocycles. The minimum atomic E-state index is -0.489. The van der Waals surface area contributed by atoms with E-state index < -0.39 is 10.8 Å². The summed E-state index contributed by atoms with van der Waals surface area (Å²) in [5.74, 6) is 0. The number of hydrogen-bond acceptors (Lipinski definition) is 1. The van der Waals surface area contributed by atoms with E-state index in [1.165, 1.54) is 111 Å². The zero-order chi connectivity index (χ0) is 46.7. The summed E-state index contributed by atoms with van der Waals surface area (Å²) in [5, 5.41) is 5.06. The lowest BCUT2D eigenvalue weighted by Gasteiger charge is -2.34. The van der Waals surface area contributed by atoms with Crippen LogP contribution in [0.15, 0.2) is 273 Å². The second-order valence-corrected chi connectivity index (χ2v) is 19.4. The molecule has 330 valence electrons. The van der Waals surface area contributed by atoms with E-state index >= 15 is 0 Å². The predicted octanol–water partition coefficient (Wildman–Crippen LogP) is 17.8. The summed E-state index contributed by atoms with van der Waals surface area (Å²) in [6.07, 6.45) is 0. The molecule has 1 nitrogen and oxygen atoms in total. The van der Waals surface area contributed by atoms with Gasteiger partial charge in [0, 0.05) is 17.1 Å². The van der Waals surface area contributed by atoms with Crippen LogP contribution in [0.4, 0.5) is 17.1 Å². The molecule has 0 bridgehead atoms. The molecule has 71 heavy (non-hydrogen) atoms. The van der Waals surface area contributed by atoms with E-state index in [9.17, 15) is 0 Å². The van der Waals surface area contributed by atoms with Crippen molar-refractivity contribution in [3.05, 3.63) is 317 Å². The molecular formula is C70H45N. The molecule has 0 radical (unpaired) electrons. The molecule has 0 fully saturated rings. The van der Waals surface area contributed by atoms with Gasteiger partial charge in [-0.2, -0.15) is 0 Å². The van der Waals surface area contributed by atoms with Gasteiger partial charge in [-0.3, -0.25) is 0 Å². The summed E-state index contributed by atoms with van der Waals surface area (Å²) in [7, 11) is 0. The van der Waals surface area contributed by atoms with Gasteiger partial charge in [0.2, 0.25) is 0 Å². The predicted molar refractivity (Wildman–Crippen MR) is 295 cm³/mol. The van der Waals surface area contributed by atoms with Gasteiger partial charge in [-0.1, -0.05) is 231 Å². The first-order valence-corrected chi connectivity index (χ1v) is 24.8. The molecule has 0 unspecified atom stereocenters. The highest BCUT2D eigenvalue weighted by atomic mass is 15.1. The topological polar surface area (TPSA) is 3.24 Å². The van der Waals surface area contributed by atoms with Gasteiger partial charge in [0.15, 0.2) is 0 Å². The van der Waals surface area contributed by atoms with Crippen LogP contribution in [0.1, 0.15) is 44.5 Å². The van der Waals surface area contributed by atoms with E-state index in [-0.39, 0.29) is 0 Å². The third kappa shape index (κ3) is 5.46. The number of hydrogen-bond donors (Lipinski definition) is 0. The third-order valence-electron chi connectivity index (χ3n) is 16.1. The lowest BCUT2D eigenvalue weighted by Crippen LogP contribution is -2.28.